The number of rotatable bonds is 4. The SMILES string of the molecule is CC1(C(=O)N2CCN(Cc3nc(-c4cccs4)no3)CC2)Cc2ccccc2C(=O)O1. The first-order chi connectivity index (χ1) is 15.0. The number of fused-ring (bicyclic) bond motifs is 1. The van der Waals surface area contributed by atoms with E-state index in [1.807, 2.05) is 29.6 Å². The van der Waals surface area contributed by atoms with Crippen molar-refractivity contribution in [3.63, 3.8) is 0 Å². The first kappa shape index (κ1) is 19.9. The molecular weight excluding hydrogens is 416 g/mol. The molecule has 0 bridgehead atoms. The normalized spacial score (nSPS) is 21.6. The monoisotopic (exact) mass is 438 g/mol. The van der Waals surface area contributed by atoms with Crippen LogP contribution in [0.2, 0.25) is 0 Å². The molecule has 2 aromatic heterocycles. The third kappa shape index (κ3) is 3.86. The minimum atomic E-state index is -1.17. The van der Waals surface area contributed by atoms with Crippen molar-refractivity contribution in [3.05, 3.63) is 58.8 Å². The van der Waals surface area contributed by atoms with E-state index in [1.54, 1.807) is 35.3 Å². The molecule has 2 aliphatic rings. The van der Waals surface area contributed by atoms with Gasteiger partial charge in [0, 0.05) is 32.6 Å². The van der Waals surface area contributed by atoms with Crippen molar-refractivity contribution in [2.24, 2.45) is 0 Å². The van der Waals surface area contributed by atoms with E-state index in [4.69, 9.17) is 9.26 Å². The second-order valence-corrected chi connectivity index (χ2v) is 8.96. The Balaban J connectivity index is 1.20. The molecule has 1 aromatic carbocycles. The molecule has 1 unspecified atom stereocenters. The van der Waals surface area contributed by atoms with Gasteiger partial charge < -0.3 is 14.2 Å². The number of cyclic esters (lactones) is 1. The Bertz CT molecular complexity index is 1100. The number of carbonyl (C=O) groups is 2. The quantitative estimate of drug-likeness (QED) is 0.579. The van der Waals surface area contributed by atoms with Gasteiger partial charge in [0.1, 0.15) is 0 Å². The maximum Gasteiger partial charge on any atom is 0.339 e. The topological polar surface area (TPSA) is 88.8 Å². The van der Waals surface area contributed by atoms with Crippen LogP contribution >= 0.6 is 11.3 Å². The smallest absolute Gasteiger partial charge is 0.339 e. The van der Waals surface area contributed by atoms with Crippen molar-refractivity contribution in [1.29, 1.82) is 0 Å². The molecule has 3 aromatic rings. The number of hydrogen-bond acceptors (Lipinski definition) is 8. The first-order valence-electron chi connectivity index (χ1n) is 10.2. The van der Waals surface area contributed by atoms with Crippen LogP contribution in [0.1, 0.15) is 28.7 Å². The highest BCUT2D eigenvalue weighted by molar-refractivity contribution is 7.13. The van der Waals surface area contributed by atoms with Gasteiger partial charge in [-0.3, -0.25) is 9.69 Å². The van der Waals surface area contributed by atoms with E-state index in [9.17, 15) is 9.59 Å². The minimum Gasteiger partial charge on any atom is -0.445 e. The third-order valence-electron chi connectivity index (χ3n) is 5.76. The molecule has 160 valence electrons. The van der Waals surface area contributed by atoms with E-state index in [0.29, 0.717) is 56.4 Å². The number of nitrogens with zero attached hydrogens (tertiary/aromatic N) is 4. The number of thiophene rings is 1. The molecule has 0 saturated carbocycles. The molecular formula is C22H22N4O4S. The Kier molecular flexibility index (Phi) is 5.07. The lowest BCUT2D eigenvalue weighted by atomic mass is 9.88. The van der Waals surface area contributed by atoms with Gasteiger partial charge in [-0.2, -0.15) is 4.98 Å². The van der Waals surface area contributed by atoms with Gasteiger partial charge in [-0.15, -0.1) is 11.3 Å². The van der Waals surface area contributed by atoms with Crippen LogP contribution in [0, 0.1) is 0 Å². The Morgan fingerprint density at radius 1 is 1.16 bits per heavy atom. The van der Waals surface area contributed by atoms with Gasteiger partial charge >= 0.3 is 5.97 Å². The van der Waals surface area contributed by atoms with Gasteiger partial charge in [-0.25, -0.2) is 4.79 Å². The van der Waals surface area contributed by atoms with Gasteiger partial charge in [-0.05, 0) is 30.0 Å². The van der Waals surface area contributed by atoms with E-state index in [2.05, 4.69) is 15.0 Å². The summed E-state index contributed by atoms with van der Waals surface area (Å²) >= 11 is 1.57. The summed E-state index contributed by atoms with van der Waals surface area (Å²) in [5.41, 5.74) is 0.223. The Hall–Kier alpha value is -3.04. The average Bonchev–Trinajstić information content (AvgIpc) is 3.46. The second-order valence-electron chi connectivity index (χ2n) is 8.01. The van der Waals surface area contributed by atoms with Crippen LogP contribution in [-0.2, 0) is 22.5 Å². The van der Waals surface area contributed by atoms with E-state index >= 15 is 0 Å². The molecule has 5 rings (SSSR count). The molecule has 1 atom stereocenters. The lowest BCUT2D eigenvalue weighted by molar-refractivity contribution is -0.153. The number of aromatic nitrogens is 2. The van der Waals surface area contributed by atoms with E-state index in [-0.39, 0.29) is 5.91 Å². The molecule has 1 amide bonds. The fourth-order valence-corrected chi connectivity index (χ4v) is 4.76. The molecule has 1 saturated heterocycles. The number of carbonyl (C=O) groups excluding carboxylic acids is 2. The van der Waals surface area contributed by atoms with Gasteiger partial charge in [-0.1, -0.05) is 29.4 Å². The maximum atomic E-state index is 13.2. The fourth-order valence-electron chi connectivity index (χ4n) is 4.11. The van der Waals surface area contributed by atoms with Crippen LogP contribution in [0.5, 0.6) is 0 Å². The second kappa shape index (κ2) is 7.90. The van der Waals surface area contributed by atoms with Gasteiger partial charge in [0.25, 0.3) is 5.91 Å². The minimum absolute atomic E-state index is 0.146. The molecule has 31 heavy (non-hydrogen) atoms. The zero-order chi connectivity index (χ0) is 21.4. The summed E-state index contributed by atoms with van der Waals surface area (Å²) in [5.74, 6) is 0.584. The Morgan fingerprint density at radius 2 is 1.97 bits per heavy atom. The molecule has 0 spiro atoms. The number of piperazine rings is 1. The van der Waals surface area contributed by atoms with Crippen molar-refractivity contribution < 1.29 is 18.8 Å². The highest BCUT2D eigenvalue weighted by atomic mass is 32.1. The number of hydrogen-bond donors (Lipinski definition) is 0. The van der Waals surface area contributed by atoms with Gasteiger partial charge in [0.05, 0.1) is 17.0 Å². The van der Waals surface area contributed by atoms with Crippen LogP contribution in [0.3, 0.4) is 0 Å². The zero-order valence-electron chi connectivity index (χ0n) is 17.1. The van der Waals surface area contributed by atoms with Crippen LogP contribution in [0.4, 0.5) is 0 Å². The Morgan fingerprint density at radius 3 is 2.74 bits per heavy atom. The molecule has 9 heteroatoms. The van der Waals surface area contributed by atoms with Crippen molar-refractivity contribution >= 4 is 23.2 Å². The zero-order valence-corrected chi connectivity index (χ0v) is 17.9. The summed E-state index contributed by atoms with van der Waals surface area (Å²) in [7, 11) is 0. The van der Waals surface area contributed by atoms with Gasteiger partial charge in [0.2, 0.25) is 11.7 Å². The van der Waals surface area contributed by atoms with E-state index in [1.165, 1.54) is 0 Å². The lowest BCUT2D eigenvalue weighted by Crippen LogP contribution is -2.57. The largest absolute Gasteiger partial charge is 0.445 e. The summed E-state index contributed by atoms with van der Waals surface area (Å²) < 4.78 is 11.0. The molecule has 0 N–H and O–H groups in total. The van der Waals surface area contributed by atoms with Crippen LogP contribution in [0.15, 0.2) is 46.3 Å². The molecule has 2 aliphatic heterocycles. The number of amides is 1. The Labute approximate surface area is 183 Å². The van der Waals surface area contributed by atoms with Crippen molar-refractivity contribution in [2.75, 3.05) is 26.2 Å². The van der Waals surface area contributed by atoms with Gasteiger partial charge in [0.15, 0.2) is 5.60 Å². The van der Waals surface area contributed by atoms with E-state index < -0.39 is 11.6 Å². The number of benzene rings is 1. The highest BCUT2D eigenvalue weighted by Gasteiger charge is 2.45. The van der Waals surface area contributed by atoms with E-state index in [0.717, 1.165) is 10.4 Å². The van der Waals surface area contributed by atoms with Crippen LogP contribution < -0.4 is 0 Å². The maximum absolute atomic E-state index is 13.2. The summed E-state index contributed by atoms with van der Waals surface area (Å²) in [6.07, 6.45) is 0.390. The highest BCUT2D eigenvalue weighted by Crippen LogP contribution is 2.30. The molecule has 1 fully saturated rings. The molecule has 0 radical (unpaired) electrons. The fraction of sp³-hybridized carbons (Fsp3) is 0.364. The average molecular weight is 439 g/mol. The van der Waals surface area contributed by atoms with Crippen molar-refractivity contribution in [2.45, 2.75) is 25.5 Å². The van der Waals surface area contributed by atoms with Crippen LogP contribution in [0.25, 0.3) is 10.7 Å². The summed E-state index contributed by atoms with van der Waals surface area (Å²) in [6, 6.07) is 11.2. The molecule has 8 nitrogen and oxygen atoms in total. The lowest BCUT2D eigenvalue weighted by Gasteiger charge is -2.40. The standard InChI is InChI=1S/C22H22N4O4S/c1-22(13-15-5-2-3-6-16(15)20(27)29-22)21(28)26-10-8-25(9-11-26)14-18-23-19(24-30-18)17-7-4-12-31-17/h2-7,12H,8-11,13-14H2,1H3. The summed E-state index contributed by atoms with van der Waals surface area (Å²) in [5, 5.41) is 6.02. The number of ether oxygens (including phenoxy) is 1. The molecule has 0 aliphatic carbocycles. The predicted molar refractivity (Wildman–Crippen MR) is 113 cm³/mol. The van der Waals surface area contributed by atoms with Crippen LogP contribution in [-0.4, -0.2) is 63.6 Å². The third-order valence-corrected chi connectivity index (χ3v) is 6.63. The first-order valence-corrected chi connectivity index (χ1v) is 11.1. The molecule has 4 heterocycles. The van der Waals surface area contributed by atoms with Crippen molar-refractivity contribution in [3.8, 4) is 10.7 Å². The summed E-state index contributed by atoms with van der Waals surface area (Å²) in [6.45, 7) is 4.73. The number of esters is 1. The van der Waals surface area contributed by atoms with Crippen molar-refractivity contribution in [1.82, 2.24) is 19.9 Å². The predicted octanol–water partition coefficient (Wildman–Crippen LogP) is 2.61. The summed E-state index contributed by atoms with van der Waals surface area (Å²) in [4.78, 5) is 35.0.